The molecule has 1 unspecified atom stereocenters. The Bertz CT molecular complexity index is 396. The van der Waals surface area contributed by atoms with Crippen LogP contribution in [0.25, 0.3) is 0 Å². The molecule has 0 spiro atoms. The molecule has 0 aliphatic carbocycles. The number of carbonyl (C=O) groups is 1. The summed E-state index contributed by atoms with van der Waals surface area (Å²) in [4.78, 5) is 13.8. The first kappa shape index (κ1) is 11.4. The van der Waals surface area contributed by atoms with Crippen LogP contribution < -0.4 is 0 Å². The van der Waals surface area contributed by atoms with Crippen LogP contribution in [0.3, 0.4) is 0 Å². The van der Waals surface area contributed by atoms with Crippen LogP contribution in [-0.4, -0.2) is 29.3 Å². The largest absolute Gasteiger partial charge is 0.334 e. The molecule has 0 radical (unpaired) electrons. The molecule has 0 N–H and O–H groups in total. The molecule has 0 saturated carbocycles. The number of hydrogen-bond donors (Lipinski definition) is 0. The molecule has 1 aromatic carbocycles. The molecular formula is C12H13ClFNO. The highest BCUT2D eigenvalue weighted by atomic mass is 35.5. The third-order valence-corrected chi connectivity index (χ3v) is 3.24. The molecule has 16 heavy (non-hydrogen) atoms. The van der Waals surface area contributed by atoms with Gasteiger partial charge in [-0.25, -0.2) is 4.39 Å². The lowest BCUT2D eigenvalue weighted by Crippen LogP contribution is -2.36. The van der Waals surface area contributed by atoms with Crippen LogP contribution in [0.1, 0.15) is 23.2 Å². The molecule has 4 heteroatoms. The standard InChI is InChI=1S/C12H13ClFNO/c13-8-11-5-2-6-15(11)12(16)9-3-1-4-10(14)7-9/h1,3-4,7,11H,2,5-6,8H2. The van der Waals surface area contributed by atoms with E-state index in [0.29, 0.717) is 18.0 Å². The van der Waals surface area contributed by atoms with Crippen molar-refractivity contribution in [1.82, 2.24) is 4.90 Å². The lowest BCUT2D eigenvalue weighted by Gasteiger charge is -2.22. The average Bonchev–Trinajstić information content (AvgIpc) is 2.76. The van der Waals surface area contributed by atoms with Gasteiger partial charge in [0.05, 0.1) is 0 Å². The van der Waals surface area contributed by atoms with Crippen LogP contribution in [0.4, 0.5) is 4.39 Å². The first-order valence-corrected chi connectivity index (χ1v) is 5.88. The first-order valence-electron chi connectivity index (χ1n) is 5.35. The van der Waals surface area contributed by atoms with Gasteiger partial charge in [-0.2, -0.15) is 0 Å². The second kappa shape index (κ2) is 4.83. The summed E-state index contributed by atoms with van der Waals surface area (Å²) in [5.74, 6) is -0.0590. The minimum Gasteiger partial charge on any atom is -0.334 e. The van der Waals surface area contributed by atoms with Crippen molar-refractivity contribution in [1.29, 1.82) is 0 Å². The molecule has 86 valence electrons. The molecule has 1 fully saturated rings. The number of rotatable bonds is 2. The summed E-state index contributed by atoms with van der Waals surface area (Å²) < 4.78 is 13.0. The van der Waals surface area contributed by atoms with Crippen LogP contribution in [0.15, 0.2) is 24.3 Å². The van der Waals surface area contributed by atoms with Crippen LogP contribution in [-0.2, 0) is 0 Å². The lowest BCUT2D eigenvalue weighted by molar-refractivity contribution is 0.0748. The molecule has 0 bridgehead atoms. The highest BCUT2D eigenvalue weighted by Crippen LogP contribution is 2.21. The quantitative estimate of drug-likeness (QED) is 0.729. The maximum atomic E-state index is 13.0. The highest BCUT2D eigenvalue weighted by molar-refractivity contribution is 6.18. The maximum Gasteiger partial charge on any atom is 0.254 e. The number of nitrogens with zero attached hydrogens (tertiary/aromatic N) is 1. The van der Waals surface area contributed by atoms with E-state index in [4.69, 9.17) is 11.6 Å². The Morgan fingerprint density at radius 2 is 2.38 bits per heavy atom. The molecular weight excluding hydrogens is 229 g/mol. The van der Waals surface area contributed by atoms with Gasteiger partial charge in [-0.3, -0.25) is 4.79 Å². The van der Waals surface area contributed by atoms with Gasteiger partial charge >= 0.3 is 0 Å². The second-order valence-electron chi connectivity index (χ2n) is 3.96. The van der Waals surface area contributed by atoms with Gasteiger partial charge in [-0.15, -0.1) is 11.6 Å². The van der Waals surface area contributed by atoms with Gasteiger partial charge in [-0.1, -0.05) is 6.07 Å². The van der Waals surface area contributed by atoms with Gasteiger partial charge in [0.15, 0.2) is 0 Å². The monoisotopic (exact) mass is 241 g/mol. The van der Waals surface area contributed by atoms with Gasteiger partial charge < -0.3 is 4.90 Å². The summed E-state index contributed by atoms with van der Waals surface area (Å²) in [6.07, 6.45) is 1.91. The summed E-state index contributed by atoms with van der Waals surface area (Å²) in [6, 6.07) is 5.88. The Kier molecular flexibility index (Phi) is 3.44. The Labute approximate surface area is 99.0 Å². The van der Waals surface area contributed by atoms with Crippen LogP contribution in [0.2, 0.25) is 0 Å². The van der Waals surface area contributed by atoms with E-state index >= 15 is 0 Å². The van der Waals surface area contributed by atoms with Crippen molar-refractivity contribution in [3.63, 3.8) is 0 Å². The fraction of sp³-hybridized carbons (Fsp3) is 0.417. The number of likely N-dealkylation sites (tertiary alicyclic amines) is 1. The summed E-state index contributed by atoms with van der Waals surface area (Å²) >= 11 is 5.80. The van der Waals surface area contributed by atoms with Crippen molar-refractivity contribution in [3.05, 3.63) is 35.6 Å². The Morgan fingerprint density at radius 1 is 1.56 bits per heavy atom. The Balaban J connectivity index is 2.18. The van der Waals surface area contributed by atoms with Gasteiger partial charge in [0.2, 0.25) is 0 Å². The van der Waals surface area contributed by atoms with Gasteiger partial charge in [0.25, 0.3) is 5.91 Å². The number of carbonyl (C=O) groups excluding carboxylic acids is 1. The molecule has 1 atom stereocenters. The Hall–Kier alpha value is -1.09. The van der Waals surface area contributed by atoms with Crippen molar-refractivity contribution >= 4 is 17.5 Å². The van der Waals surface area contributed by atoms with Crippen LogP contribution in [0, 0.1) is 5.82 Å². The zero-order valence-corrected chi connectivity index (χ0v) is 9.58. The smallest absolute Gasteiger partial charge is 0.254 e. The molecule has 1 saturated heterocycles. The van der Waals surface area contributed by atoms with E-state index in [-0.39, 0.29) is 17.8 Å². The van der Waals surface area contributed by atoms with Crippen molar-refractivity contribution in [2.45, 2.75) is 18.9 Å². The van der Waals surface area contributed by atoms with Crippen molar-refractivity contribution < 1.29 is 9.18 Å². The number of halogens is 2. The number of amides is 1. The predicted molar refractivity (Wildman–Crippen MR) is 61.2 cm³/mol. The third-order valence-electron chi connectivity index (χ3n) is 2.89. The fourth-order valence-corrected chi connectivity index (χ4v) is 2.37. The molecule has 1 amide bonds. The fourth-order valence-electron chi connectivity index (χ4n) is 2.05. The van der Waals surface area contributed by atoms with Crippen LogP contribution >= 0.6 is 11.6 Å². The Morgan fingerprint density at radius 3 is 3.06 bits per heavy atom. The van der Waals surface area contributed by atoms with Crippen molar-refractivity contribution in [2.24, 2.45) is 0 Å². The highest BCUT2D eigenvalue weighted by Gasteiger charge is 2.28. The van der Waals surface area contributed by atoms with Crippen LogP contribution in [0.5, 0.6) is 0 Å². The van der Waals surface area contributed by atoms with E-state index in [1.165, 1.54) is 12.1 Å². The van der Waals surface area contributed by atoms with Crippen molar-refractivity contribution in [3.8, 4) is 0 Å². The minimum absolute atomic E-state index is 0.0948. The molecule has 1 aliphatic rings. The molecule has 2 rings (SSSR count). The number of benzene rings is 1. The minimum atomic E-state index is -0.382. The summed E-state index contributed by atoms with van der Waals surface area (Å²) in [5.41, 5.74) is 0.400. The van der Waals surface area contributed by atoms with Gasteiger partial charge in [-0.05, 0) is 31.0 Å². The van der Waals surface area contributed by atoms with E-state index in [1.807, 2.05) is 0 Å². The zero-order valence-electron chi connectivity index (χ0n) is 8.83. The van der Waals surface area contributed by atoms with E-state index < -0.39 is 0 Å². The van der Waals surface area contributed by atoms with Crippen molar-refractivity contribution in [2.75, 3.05) is 12.4 Å². The number of hydrogen-bond acceptors (Lipinski definition) is 1. The first-order chi connectivity index (χ1) is 7.72. The SMILES string of the molecule is O=C(c1cccc(F)c1)N1CCCC1CCl. The van der Waals surface area contributed by atoms with E-state index in [9.17, 15) is 9.18 Å². The second-order valence-corrected chi connectivity index (χ2v) is 4.27. The molecule has 1 aromatic rings. The van der Waals surface area contributed by atoms with Gasteiger partial charge in [0, 0.05) is 24.0 Å². The molecule has 1 heterocycles. The zero-order chi connectivity index (χ0) is 11.5. The summed E-state index contributed by atoms with van der Waals surface area (Å²) in [6.45, 7) is 0.715. The molecule has 1 aliphatic heterocycles. The predicted octanol–water partition coefficient (Wildman–Crippen LogP) is 2.67. The lowest BCUT2D eigenvalue weighted by atomic mass is 10.2. The van der Waals surface area contributed by atoms with Gasteiger partial charge in [0.1, 0.15) is 5.82 Å². The third kappa shape index (κ3) is 2.19. The maximum absolute atomic E-state index is 13.0. The van der Waals surface area contributed by atoms with E-state index in [0.717, 1.165) is 12.8 Å². The van der Waals surface area contributed by atoms with E-state index in [1.54, 1.807) is 17.0 Å². The average molecular weight is 242 g/mol. The summed E-state index contributed by atoms with van der Waals surface area (Å²) in [5, 5.41) is 0. The summed E-state index contributed by atoms with van der Waals surface area (Å²) in [7, 11) is 0. The number of alkyl halides is 1. The topological polar surface area (TPSA) is 20.3 Å². The van der Waals surface area contributed by atoms with E-state index in [2.05, 4.69) is 0 Å². The molecule has 2 nitrogen and oxygen atoms in total. The molecule has 0 aromatic heterocycles. The normalized spacial score (nSPS) is 20.1.